The van der Waals surface area contributed by atoms with Crippen LogP contribution in [0.15, 0.2) is 5.11 Å². The van der Waals surface area contributed by atoms with Crippen LogP contribution in [0.5, 0.6) is 0 Å². The van der Waals surface area contributed by atoms with Crippen LogP contribution in [0.3, 0.4) is 0 Å². The topological polar surface area (TPSA) is 163 Å². The Bertz CT molecular complexity index is 692. The summed E-state index contributed by atoms with van der Waals surface area (Å²) < 4.78 is 54.1. The maximum absolute atomic E-state index is 11.1. The molecule has 0 amide bonds. The number of carbonyl (C=O) groups is 4. The van der Waals surface area contributed by atoms with E-state index in [4.69, 9.17) is 34.7 Å². The molecule has 0 aromatic rings. The number of rotatable bonds is 14. The normalized spacial score (nSPS) is 30.1. The molecule has 1 rings (SSSR count). The van der Waals surface area contributed by atoms with Crippen molar-refractivity contribution in [3.63, 3.8) is 0 Å². The van der Waals surface area contributed by atoms with Crippen LogP contribution in [0.1, 0.15) is 5.48 Å². The number of hydrogen-bond donors (Lipinski definition) is 0. The molecule has 1 heterocycles. The first kappa shape index (κ1) is 16.0. The lowest BCUT2D eigenvalue weighted by molar-refractivity contribution is -0.258. The molecule has 1 aliphatic rings. The molecule has 5 atom stereocenters. The van der Waals surface area contributed by atoms with E-state index in [0.717, 1.165) is 0 Å². The third-order valence-corrected chi connectivity index (χ3v) is 3.22. The van der Waals surface area contributed by atoms with Gasteiger partial charge in [-0.25, -0.2) is 0 Å². The van der Waals surface area contributed by atoms with Crippen molar-refractivity contribution >= 4 is 25.0 Å². The van der Waals surface area contributed by atoms with E-state index in [2.05, 4.69) is 10.0 Å². The second kappa shape index (κ2) is 13.1. The van der Waals surface area contributed by atoms with Crippen LogP contribution in [0.2, 0.25) is 0 Å². The molecule has 1 unspecified atom stereocenters. The van der Waals surface area contributed by atoms with E-state index >= 15 is 0 Å². The monoisotopic (exact) mass is 377 g/mol. The molecule has 12 heteroatoms. The van der Waals surface area contributed by atoms with Crippen LogP contribution >= 0.6 is 0 Å². The highest BCUT2D eigenvalue weighted by Crippen LogP contribution is 2.29. The van der Waals surface area contributed by atoms with Crippen LogP contribution in [-0.2, 0) is 42.9 Å². The molecule has 0 radical (unpaired) electrons. The molecule has 0 aliphatic carbocycles. The summed E-state index contributed by atoms with van der Waals surface area (Å²) in [5, 5.41) is 3.37. The minimum Gasteiger partial charge on any atom is -0.371 e. The molecule has 1 aliphatic heterocycles. The second-order valence-corrected chi connectivity index (χ2v) is 4.69. The Labute approximate surface area is 153 Å². The minimum absolute atomic E-state index is 0.405. The zero-order valence-corrected chi connectivity index (χ0v) is 13.4. The SMILES string of the molecule is [2H]C(=O)COC[C@H]1OC(N=[N+]=[N-])[C@H](OCC([2H])=O)[C@@H](OCC([2H])=O)[C@@H]1OCC([2H])=O. The van der Waals surface area contributed by atoms with Gasteiger partial charge in [0.25, 0.3) is 0 Å². The summed E-state index contributed by atoms with van der Waals surface area (Å²) in [6, 6.07) is 0. The molecule has 26 heavy (non-hydrogen) atoms. The van der Waals surface area contributed by atoms with Gasteiger partial charge in [0.15, 0.2) is 6.23 Å². The van der Waals surface area contributed by atoms with Crippen LogP contribution in [-0.4, -0.2) is 88.7 Å². The molecular formula is C14H19N3O9. The average Bonchev–Trinajstić information content (AvgIpc) is 2.64. The lowest BCUT2D eigenvalue weighted by Gasteiger charge is -2.44. The van der Waals surface area contributed by atoms with Gasteiger partial charge in [-0.15, -0.1) is 0 Å². The van der Waals surface area contributed by atoms with Gasteiger partial charge in [0.2, 0.25) is 0 Å². The number of aldehydes is 4. The summed E-state index contributed by atoms with van der Waals surface area (Å²) in [7, 11) is 0. The fourth-order valence-corrected chi connectivity index (χ4v) is 2.35. The Hall–Kier alpha value is -2.21. The van der Waals surface area contributed by atoms with Gasteiger partial charge in [-0.05, 0) is 5.53 Å². The average molecular weight is 377 g/mol. The highest BCUT2D eigenvalue weighted by atomic mass is 16.6. The first-order valence-corrected chi connectivity index (χ1v) is 7.25. The number of nitrogens with zero attached hydrogens (tertiary/aromatic N) is 3. The van der Waals surface area contributed by atoms with Crippen molar-refractivity contribution in [1.82, 2.24) is 0 Å². The van der Waals surface area contributed by atoms with E-state index in [-0.39, 0.29) is 0 Å². The lowest BCUT2D eigenvalue weighted by Crippen LogP contribution is -2.61. The van der Waals surface area contributed by atoms with E-state index in [9.17, 15) is 19.2 Å². The van der Waals surface area contributed by atoms with Gasteiger partial charge in [-0.2, -0.15) is 0 Å². The van der Waals surface area contributed by atoms with Crippen molar-refractivity contribution < 1.29 is 48.3 Å². The van der Waals surface area contributed by atoms with Gasteiger partial charge in [0.05, 0.1) is 6.61 Å². The first-order valence-electron chi connectivity index (χ1n) is 9.25. The van der Waals surface area contributed by atoms with Gasteiger partial charge < -0.3 is 42.9 Å². The number of hydrogen-bond acceptors (Lipinski definition) is 10. The van der Waals surface area contributed by atoms with E-state index < -0.39 is 88.7 Å². The van der Waals surface area contributed by atoms with Crippen LogP contribution in [0, 0.1) is 0 Å². The quantitative estimate of drug-likeness (QED) is 0.160. The highest BCUT2D eigenvalue weighted by molar-refractivity contribution is 5.51. The summed E-state index contributed by atoms with van der Waals surface area (Å²) >= 11 is 0. The zero-order valence-electron chi connectivity index (χ0n) is 17.4. The number of ether oxygens (including phenoxy) is 5. The minimum atomic E-state index is -1.47. The third-order valence-electron chi connectivity index (χ3n) is 3.22. The maximum atomic E-state index is 11.1. The first-order chi connectivity index (χ1) is 14.1. The number of carbonyl (C=O) groups excluding carboxylic acids is 4. The largest absolute Gasteiger partial charge is 0.371 e. The third kappa shape index (κ3) is 6.59. The Morgan fingerprint density at radius 2 is 1.46 bits per heavy atom. The van der Waals surface area contributed by atoms with E-state index in [0.29, 0.717) is 0 Å². The molecule has 0 bridgehead atoms. The fraction of sp³-hybridized carbons (Fsp3) is 0.714. The van der Waals surface area contributed by atoms with Crippen LogP contribution in [0.25, 0.3) is 10.4 Å². The summed E-state index contributed by atoms with van der Waals surface area (Å²) in [6.45, 7) is -3.29. The molecule has 1 fully saturated rings. The molecule has 12 nitrogen and oxygen atoms in total. The van der Waals surface area contributed by atoms with Gasteiger partial charge >= 0.3 is 0 Å². The molecular weight excluding hydrogens is 354 g/mol. The summed E-state index contributed by atoms with van der Waals surface area (Å²) in [6.07, 6.45) is -11.1. The molecule has 0 aromatic carbocycles. The van der Waals surface area contributed by atoms with Crippen molar-refractivity contribution in [1.29, 1.82) is 0 Å². The molecule has 0 saturated carbocycles. The lowest BCUT2D eigenvalue weighted by atomic mass is 9.97. The standard InChI is InChI=1S/C14H19N3O9/c15-17-16-14-13(25-8-4-21)12(24-7-3-20)11(23-6-2-19)10(26-14)9-22-5-1-18/h1-4,10-14H,5-9H2/t10-,11-,12+,13-,14?/m1/s1/i1D,2D,3D,4D. The highest BCUT2D eigenvalue weighted by Gasteiger charge is 2.48. The zero-order chi connectivity index (χ0) is 22.7. The van der Waals surface area contributed by atoms with E-state index in [1.807, 2.05) is 0 Å². The second-order valence-electron chi connectivity index (χ2n) is 4.69. The van der Waals surface area contributed by atoms with Gasteiger partial charge in [0, 0.05) is 4.91 Å². The van der Waals surface area contributed by atoms with Crippen molar-refractivity contribution in [3.8, 4) is 0 Å². The Morgan fingerprint density at radius 1 is 0.923 bits per heavy atom. The number of azide groups is 1. The van der Waals surface area contributed by atoms with Gasteiger partial charge in [-0.1, -0.05) is 5.11 Å². The smallest absolute Gasteiger partial charge is 0.165 e. The van der Waals surface area contributed by atoms with Crippen LogP contribution in [0.4, 0.5) is 0 Å². The molecule has 0 aromatic heterocycles. The fourth-order valence-electron chi connectivity index (χ4n) is 2.35. The van der Waals surface area contributed by atoms with Gasteiger partial charge in [0.1, 0.15) is 81.4 Å². The van der Waals surface area contributed by atoms with Crippen molar-refractivity contribution in [2.24, 2.45) is 5.11 Å². The maximum Gasteiger partial charge on any atom is 0.165 e. The van der Waals surface area contributed by atoms with Gasteiger partial charge in [-0.3, -0.25) is 0 Å². The summed E-state index contributed by atoms with van der Waals surface area (Å²) in [5.41, 5.74) is 8.79. The van der Waals surface area contributed by atoms with Crippen molar-refractivity contribution in [2.45, 2.75) is 30.6 Å². The van der Waals surface area contributed by atoms with Crippen molar-refractivity contribution in [3.05, 3.63) is 10.4 Å². The Kier molecular flexibility index (Phi) is 8.03. The molecule has 0 spiro atoms. The predicted molar refractivity (Wildman–Crippen MR) is 82.1 cm³/mol. The Balaban J connectivity index is 3.21. The molecule has 144 valence electrons. The summed E-state index contributed by atoms with van der Waals surface area (Å²) in [4.78, 5) is 46.5. The molecule has 0 N–H and O–H groups in total. The summed E-state index contributed by atoms with van der Waals surface area (Å²) in [5.74, 6) is 0. The Morgan fingerprint density at radius 3 is 2.00 bits per heavy atom. The molecule has 1 saturated heterocycles. The van der Waals surface area contributed by atoms with Crippen LogP contribution < -0.4 is 0 Å². The van der Waals surface area contributed by atoms with E-state index in [1.165, 1.54) is 0 Å². The van der Waals surface area contributed by atoms with E-state index in [1.54, 1.807) is 0 Å². The van der Waals surface area contributed by atoms with Crippen molar-refractivity contribution in [2.75, 3.05) is 33.0 Å². The predicted octanol–water partition coefficient (Wildman–Crippen LogP) is -1.01.